The van der Waals surface area contributed by atoms with Gasteiger partial charge in [0.2, 0.25) is 11.8 Å². The maximum atomic E-state index is 6.37. The summed E-state index contributed by atoms with van der Waals surface area (Å²) in [6, 6.07) is 50.6. The Labute approximate surface area is 272 Å². The summed E-state index contributed by atoms with van der Waals surface area (Å²) in [5, 5.41) is 2.20. The van der Waals surface area contributed by atoms with E-state index in [1.807, 2.05) is 24.3 Å². The van der Waals surface area contributed by atoms with Gasteiger partial charge in [-0.05, 0) is 57.6 Å². The van der Waals surface area contributed by atoms with Crippen LogP contribution in [0.5, 0.6) is 0 Å². The number of aromatic nitrogens is 1. The first-order valence-corrected chi connectivity index (χ1v) is 16.0. The molecule has 0 spiro atoms. The summed E-state index contributed by atoms with van der Waals surface area (Å²) >= 11 is 0. The highest BCUT2D eigenvalue weighted by atomic mass is 16.5. The lowest BCUT2D eigenvalue weighted by Gasteiger charge is -2.09. The summed E-state index contributed by atoms with van der Waals surface area (Å²) in [7, 11) is 0. The third-order valence-corrected chi connectivity index (χ3v) is 9.16. The van der Waals surface area contributed by atoms with Crippen LogP contribution in [0.2, 0.25) is 0 Å². The zero-order chi connectivity index (χ0) is 31.2. The fraction of sp³-hybridized carbons (Fsp3) is 0.0952. The third kappa shape index (κ3) is 4.97. The Bertz CT molecular complexity index is 2130. The molecule has 1 aromatic heterocycles. The lowest BCUT2D eigenvalue weighted by atomic mass is 9.96. The first-order valence-electron chi connectivity index (χ1n) is 16.0. The van der Waals surface area contributed by atoms with Crippen LogP contribution >= 0.6 is 0 Å². The summed E-state index contributed by atoms with van der Waals surface area (Å²) in [5.41, 5.74) is 10.6. The molecule has 5 nitrogen and oxygen atoms in total. The normalized spacial score (nSPS) is 17.4. The molecule has 5 heteroatoms. The van der Waals surface area contributed by atoms with E-state index in [4.69, 9.17) is 19.5 Å². The summed E-state index contributed by atoms with van der Waals surface area (Å²) in [6.07, 6.45) is 0. The van der Waals surface area contributed by atoms with Crippen LogP contribution in [-0.2, 0) is 9.47 Å². The van der Waals surface area contributed by atoms with E-state index in [0.717, 1.165) is 66.3 Å². The molecule has 1 N–H and O–H groups in total. The van der Waals surface area contributed by atoms with E-state index in [2.05, 4.69) is 126 Å². The summed E-state index contributed by atoms with van der Waals surface area (Å²) in [4.78, 5) is 14.1. The van der Waals surface area contributed by atoms with Gasteiger partial charge < -0.3 is 14.5 Å². The molecular formula is C42H31N3O2. The largest absolute Gasteiger partial charge is 0.475 e. The minimum absolute atomic E-state index is 0.0533. The monoisotopic (exact) mass is 609 g/mol. The number of nitrogens with one attached hydrogen (secondary N) is 1. The first kappa shape index (κ1) is 27.4. The van der Waals surface area contributed by atoms with Crippen LogP contribution in [0.1, 0.15) is 34.3 Å². The highest BCUT2D eigenvalue weighted by molar-refractivity contribution is 6.21. The van der Waals surface area contributed by atoms with E-state index in [1.54, 1.807) is 0 Å². The molecule has 0 saturated heterocycles. The Hall–Kier alpha value is -5.94. The Balaban J connectivity index is 1.28. The van der Waals surface area contributed by atoms with Crippen molar-refractivity contribution in [3.8, 4) is 22.3 Å². The van der Waals surface area contributed by atoms with Crippen molar-refractivity contribution in [2.75, 3.05) is 13.2 Å². The molecule has 2 aliphatic heterocycles. The number of ether oxygens (including phenoxy) is 2. The Morgan fingerprint density at radius 2 is 0.830 bits per heavy atom. The van der Waals surface area contributed by atoms with Crippen LogP contribution < -0.4 is 0 Å². The van der Waals surface area contributed by atoms with Crippen LogP contribution in [-0.4, -0.2) is 30.0 Å². The minimum atomic E-state index is -0.0533. The van der Waals surface area contributed by atoms with Gasteiger partial charge in [-0.2, -0.15) is 0 Å². The zero-order valence-electron chi connectivity index (χ0n) is 25.6. The van der Waals surface area contributed by atoms with Crippen molar-refractivity contribution in [3.63, 3.8) is 0 Å². The molecule has 7 aromatic rings. The first-order chi connectivity index (χ1) is 23.3. The summed E-state index contributed by atoms with van der Waals surface area (Å²) in [6.45, 7) is 1.01. The molecule has 47 heavy (non-hydrogen) atoms. The van der Waals surface area contributed by atoms with Gasteiger partial charge in [-0.1, -0.05) is 121 Å². The lowest BCUT2D eigenvalue weighted by molar-refractivity contribution is 0.320. The van der Waals surface area contributed by atoms with Crippen LogP contribution in [0.4, 0.5) is 0 Å². The fourth-order valence-corrected chi connectivity index (χ4v) is 6.77. The molecule has 2 unspecified atom stereocenters. The second-order valence-electron chi connectivity index (χ2n) is 12.1. The van der Waals surface area contributed by atoms with Crippen molar-refractivity contribution in [2.45, 2.75) is 12.1 Å². The lowest BCUT2D eigenvalue weighted by Crippen LogP contribution is -2.03. The number of rotatable bonds is 6. The smallest absolute Gasteiger partial charge is 0.219 e. The van der Waals surface area contributed by atoms with Crippen molar-refractivity contribution in [1.29, 1.82) is 0 Å². The maximum absolute atomic E-state index is 6.37. The van der Waals surface area contributed by atoms with Gasteiger partial charge in [0.15, 0.2) is 0 Å². The second-order valence-corrected chi connectivity index (χ2v) is 12.1. The molecule has 0 amide bonds. The van der Waals surface area contributed by atoms with Gasteiger partial charge in [0, 0.05) is 10.8 Å². The Kier molecular flexibility index (Phi) is 6.67. The highest BCUT2D eigenvalue weighted by Gasteiger charge is 2.28. The van der Waals surface area contributed by atoms with Crippen molar-refractivity contribution >= 4 is 33.6 Å². The standard InChI is InChI=1S/C42H31N3O2/c1-5-13-27(14-6-1)31-21-33-34-22-32(28-15-7-2-8-16-28)24-36(42-44-38(26-47-42)30-19-11-4-12-20-30)40(34)45-39(33)35(23-31)41-43-37(25-46-41)29-17-9-3-10-18-29/h1-24,37-38,45H,25-26H2. The molecule has 6 aromatic carbocycles. The number of hydrogen-bond donors (Lipinski definition) is 1. The van der Waals surface area contributed by atoms with Gasteiger partial charge >= 0.3 is 0 Å². The topological polar surface area (TPSA) is 59.0 Å². The van der Waals surface area contributed by atoms with E-state index in [0.29, 0.717) is 25.0 Å². The Morgan fingerprint density at radius 3 is 1.23 bits per heavy atom. The number of fused-ring (bicyclic) bond motifs is 3. The molecular weight excluding hydrogens is 578 g/mol. The fourth-order valence-electron chi connectivity index (χ4n) is 6.77. The van der Waals surface area contributed by atoms with Crippen LogP contribution in [0.15, 0.2) is 156 Å². The molecule has 3 heterocycles. The average Bonchev–Trinajstić information content (AvgIpc) is 3.92. The van der Waals surface area contributed by atoms with Gasteiger partial charge in [-0.3, -0.25) is 0 Å². The molecule has 0 saturated carbocycles. The van der Waals surface area contributed by atoms with E-state index < -0.39 is 0 Å². The molecule has 9 rings (SSSR count). The van der Waals surface area contributed by atoms with Crippen LogP contribution in [0, 0.1) is 0 Å². The van der Waals surface area contributed by atoms with Crippen molar-refractivity contribution in [2.24, 2.45) is 9.98 Å². The summed E-state index contributed by atoms with van der Waals surface area (Å²) in [5.74, 6) is 1.30. The summed E-state index contributed by atoms with van der Waals surface area (Å²) < 4.78 is 12.7. The predicted octanol–water partition coefficient (Wildman–Crippen LogP) is 9.69. The maximum Gasteiger partial charge on any atom is 0.219 e. The van der Waals surface area contributed by atoms with Crippen molar-refractivity contribution in [3.05, 3.63) is 168 Å². The van der Waals surface area contributed by atoms with Gasteiger partial charge in [0.05, 0.1) is 22.2 Å². The molecule has 226 valence electrons. The van der Waals surface area contributed by atoms with Crippen molar-refractivity contribution in [1.82, 2.24) is 4.98 Å². The quantitative estimate of drug-likeness (QED) is 0.204. The molecule has 0 aliphatic carbocycles. The number of hydrogen-bond acceptors (Lipinski definition) is 4. The van der Waals surface area contributed by atoms with E-state index in [-0.39, 0.29) is 12.1 Å². The van der Waals surface area contributed by atoms with Crippen molar-refractivity contribution < 1.29 is 9.47 Å². The molecule has 0 bridgehead atoms. The SMILES string of the molecule is c1ccc(-c2cc(C3=NC(c4ccccc4)CO3)c3[nH]c4c(C5=NC(c6ccccc6)CO5)cc(-c5ccccc5)cc4c3c2)cc1. The Morgan fingerprint density at radius 1 is 0.447 bits per heavy atom. The number of aromatic amines is 1. The van der Waals surface area contributed by atoms with E-state index in [1.165, 1.54) is 0 Å². The van der Waals surface area contributed by atoms with E-state index >= 15 is 0 Å². The second kappa shape index (κ2) is 11.5. The van der Waals surface area contributed by atoms with Gasteiger partial charge in [-0.15, -0.1) is 0 Å². The third-order valence-electron chi connectivity index (χ3n) is 9.16. The van der Waals surface area contributed by atoms with Gasteiger partial charge in [-0.25, -0.2) is 9.98 Å². The number of benzene rings is 6. The molecule has 0 fully saturated rings. The highest BCUT2D eigenvalue weighted by Crippen LogP contribution is 2.39. The van der Waals surface area contributed by atoms with Gasteiger partial charge in [0.25, 0.3) is 0 Å². The predicted molar refractivity (Wildman–Crippen MR) is 190 cm³/mol. The number of aliphatic imine (C=N–C) groups is 2. The van der Waals surface area contributed by atoms with Crippen LogP contribution in [0.3, 0.4) is 0 Å². The molecule has 2 atom stereocenters. The molecule has 0 radical (unpaired) electrons. The number of H-pyrrole nitrogens is 1. The molecule has 2 aliphatic rings. The minimum Gasteiger partial charge on any atom is -0.475 e. The van der Waals surface area contributed by atoms with E-state index in [9.17, 15) is 0 Å². The number of nitrogens with zero attached hydrogens (tertiary/aromatic N) is 2. The average molecular weight is 610 g/mol. The van der Waals surface area contributed by atoms with Gasteiger partial charge in [0.1, 0.15) is 25.3 Å². The zero-order valence-corrected chi connectivity index (χ0v) is 25.6. The van der Waals surface area contributed by atoms with Crippen LogP contribution in [0.25, 0.3) is 44.1 Å².